The number of hydrogen-bond donors (Lipinski definition) is 2. The molecular weight excluding hydrogens is 338 g/mol. The molecule has 3 nitrogen and oxygen atoms in total. The number of aromatic nitrogens is 2. The highest BCUT2D eigenvalue weighted by atomic mass is 79.9. The summed E-state index contributed by atoms with van der Waals surface area (Å²) in [6, 6.07) is 13.8. The number of imidazole rings is 1. The highest BCUT2D eigenvalue weighted by molar-refractivity contribution is 9.10. The number of nitrogens with one attached hydrogen (secondary N) is 2. The summed E-state index contributed by atoms with van der Waals surface area (Å²) < 4.78 is 1.11. The molecule has 0 aliphatic carbocycles. The number of nitrogens with zero attached hydrogens (tertiary/aromatic N) is 1. The van der Waals surface area contributed by atoms with E-state index in [9.17, 15) is 0 Å². The number of benzene rings is 2. The molecule has 22 heavy (non-hydrogen) atoms. The molecule has 2 aromatic carbocycles. The SMILES string of the molecule is CC1CCC(c2ncc(-c3ccc4cc(Br)ccc4c3)[nH]2)N1. The maximum atomic E-state index is 4.58. The average molecular weight is 356 g/mol. The Bertz CT molecular complexity index is 824. The van der Waals surface area contributed by atoms with Crippen LogP contribution in [0, 0.1) is 0 Å². The first-order valence-electron chi connectivity index (χ1n) is 7.70. The zero-order chi connectivity index (χ0) is 15.1. The smallest absolute Gasteiger partial charge is 0.123 e. The van der Waals surface area contributed by atoms with Crippen molar-refractivity contribution in [2.75, 3.05) is 0 Å². The van der Waals surface area contributed by atoms with Crippen LogP contribution in [0.15, 0.2) is 47.1 Å². The van der Waals surface area contributed by atoms with Crippen LogP contribution in [-0.2, 0) is 0 Å². The summed E-state index contributed by atoms with van der Waals surface area (Å²) in [7, 11) is 0. The van der Waals surface area contributed by atoms with Crippen molar-refractivity contribution < 1.29 is 0 Å². The van der Waals surface area contributed by atoms with Gasteiger partial charge in [-0.3, -0.25) is 0 Å². The first-order valence-corrected chi connectivity index (χ1v) is 8.49. The van der Waals surface area contributed by atoms with Crippen LogP contribution in [0.2, 0.25) is 0 Å². The number of fused-ring (bicyclic) bond motifs is 1. The summed E-state index contributed by atoms with van der Waals surface area (Å²) in [4.78, 5) is 8.06. The van der Waals surface area contributed by atoms with Gasteiger partial charge in [0.1, 0.15) is 5.82 Å². The molecule has 1 saturated heterocycles. The first kappa shape index (κ1) is 14.0. The van der Waals surface area contributed by atoms with Gasteiger partial charge in [0.05, 0.1) is 17.9 Å². The normalized spacial score (nSPS) is 21.5. The van der Waals surface area contributed by atoms with Crippen molar-refractivity contribution in [2.45, 2.75) is 31.8 Å². The van der Waals surface area contributed by atoms with Gasteiger partial charge in [0.15, 0.2) is 0 Å². The highest BCUT2D eigenvalue weighted by Crippen LogP contribution is 2.28. The third kappa shape index (κ3) is 2.57. The number of rotatable bonds is 2. The molecule has 2 N–H and O–H groups in total. The molecule has 1 aliphatic rings. The Hall–Kier alpha value is -1.65. The maximum Gasteiger partial charge on any atom is 0.123 e. The Labute approximate surface area is 138 Å². The molecule has 0 radical (unpaired) electrons. The van der Waals surface area contributed by atoms with E-state index in [0.717, 1.165) is 22.4 Å². The van der Waals surface area contributed by atoms with E-state index in [1.807, 2.05) is 6.20 Å². The van der Waals surface area contributed by atoms with Gasteiger partial charge in [0, 0.05) is 16.1 Å². The number of H-pyrrole nitrogens is 1. The van der Waals surface area contributed by atoms with Crippen molar-refractivity contribution in [1.29, 1.82) is 0 Å². The van der Waals surface area contributed by atoms with Crippen LogP contribution in [0.25, 0.3) is 22.0 Å². The Morgan fingerprint density at radius 2 is 1.91 bits per heavy atom. The van der Waals surface area contributed by atoms with Crippen molar-refractivity contribution in [2.24, 2.45) is 0 Å². The molecule has 0 saturated carbocycles. The van der Waals surface area contributed by atoms with E-state index in [2.05, 4.69) is 74.5 Å². The van der Waals surface area contributed by atoms with Crippen LogP contribution in [0.4, 0.5) is 0 Å². The summed E-state index contributed by atoms with van der Waals surface area (Å²) in [5.74, 6) is 1.05. The second-order valence-electron chi connectivity index (χ2n) is 6.09. The van der Waals surface area contributed by atoms with Crippen LogP contribution < -0.4 is 5.32 Å². The van der Waals surface area contributed by atoms with E-state index >= 15 is 0 Å². The van der Waals surface area contributed by atoms with E-state index in [1.54, 1.807) is 0 Å². The van der Waals surface area contributed by atoms with Crippen molar-refractivity contribution in [1.82, 2.24) is 15.3 Å². The zero-order valence-electron chi connectivity index (χ0n) is 12.4. The van der Waals surface area contributed by atoms with Gasteiger partial charge in [-0.05, 0) is 48.7 Å². The van der Waals surface area contributed by atoms with Gasteiger partial charge in [-0.1, -0.05) is 34.1 Å². The van der Waals surface area contributed by atoms with Crippen LogP contribution >= 0.6 is 15.9 Å². The fourth-order valence-electron chi connectivity index (χ4n) is 3.19. The third-order valence-electron chi connectivity index (χ3n) is 4.41. The molecule has 1 aromatic heterocycles. The van der Waals surface area contributed by atoms with Gasteiger partial charge < -0.3 is 10.3 Å². The van der Waals surface area contributed by atoms with E-state index in [1.165, 1.54) is 22.8 Å². The molecule has 4 heteroatoms. The van der Waals surface area contributed by atoms with Crippen molar-refractivity contribution in [3.8, 4) is 11.3 Å². The molecular formula is C18H18BrN3. The molecule has 0 spiro atoms. The van der Waals surface area contributed by atoms with Crippen LogP contribution in [0.1, 0.15) is 31.6 Å². The van der Waals surface area contributed by atoms with Gasteiger partial charge in [-0.15, -0.1) is 0 Å². The second kappa shape index (κ2) is 5.52. The van der Waals surface area contributed by atoms with E-state index in [4.69, 9.17) is 0 Å². The summed E-state index contributed by atoms with van der Waals surface area (Å²) >= 11 is 3.52. The molecule has 4 rings (SSSR count). The second-order valence-corrected chi connectivity index (χ2v) is 7.00. The molecule has 1 fully saturated rings. The topological polar surface area (TPSA) is 40.7 Å². The summed E-state index contributed by atoms with van der Waals surface area (Å²) in [5.41, 5.74) is 2.26. The fourth-order valence-corrected chi connectivity index (χ4v) is 3.57. The van der Waals surface area contributed by atoms with E-state index in [-0.39, 0.29) is 0 Å². The Morgan fingerprint density at radius 1 is 1.09 bits per heavy atom. The van der Waals surface area contributed by atoms with Crippen molar-refractivity contribution in [3.05, 3.63) is 52.9 Å². The third-order valence-corrected chi connectivity index (χ3v) is 4.91. The molecule has 1 aliphatic heterocycles. The minimum atomic E-state index is 0.361. The van der Waals surface area contributed by atoms with Crippen LogP contribution in [0.3, 0.4) is 0 Å². The molecule has 2 unspecified atom stereocenters. The Morgan fingerprint density at radius 3 is 2.73 bits per heavy atom. The summed E-state index contributed by atoms with van der Waals surface area (Å²) in [6.45, 7) is 2.23. The van der Waals surface area contributed by atoms with Crippen LogP contribution in [-0.4, -0.2) is 16.0 Å². The minimum Gasteiger partial charge on any atom is -0.341 e. The van der Waals surface area contributed by atoms with Crippen molar-refractivity contribution >= 4 is 26.7 Å². The molecule has 0 bridgehead atoms. The maximum absolute atomic E-state index is 4.58. The Kier molecular flexibility index (Phi) is 3.51. The molecule has 0 amide bonds. The lowest BCUT2D eigenvalue weighted by atomic mass is 10.1. The minimum absolute atomic E-state index is 0.361. The van der Waals surface area contributed by atoms with Gasteiger partial charge in [-0.25, -0.2) is 4.98 Å². The average Bonchev–Trinajstić information content (AvgIpc) is 3.15. The van der Waals surface area contributed by atoms with Crippen molar-refractivity contribution in [3.63, 3.8) is 0 Å². The monoisotopic (exact) mass is 355 g/mol. The van der Waals surface area contributed by atoms with Gasteiger partial charge in [0.25, 0.3) is 0 Å². The van der Waals surface area contributed by atoms with Gasteiger partial charge in [0.2, 0.25) is 0 Å². The molecule has 2 heterocycles. The standard InChI is InChI=1S/C18H18BrN3/c1-11-2-7-16(21-11)18-20-10-17(22-18)14-4-3-13-9-15(19)6-5-12(13)8-14/h3-6,8-11,16,21H,2,7H2,1H3,(H,20,22). The fraction of sp³-hybridized carbons (Fsp3) is 0.278. The lowest BCUT2D eigenvalue weighted by molar-refractivity contribution is 0.564. The summed E-state index contributed by atoms with van der Waals surface area (Å²) in [6.07, 6.45) is 4.31. The van der Waals surface area contributed by atoms with E-state index < -0.39 is 0 Å². The Balaban J connectivity index is 1.67. The number of halogens is 1. The largest absolute Gasteiger partial charge is 0.341 e. The predicted molar refractivity (Wildman–Crippen MR) is 93.8 cm³/mol. The highest BCUT2D eigenvalue weighted by Gasteiger charge is 2.24. The number of hydrogen-bond acceptors (Lipinski definition) is 2. The lowest BCUT2D eigenvalue weighted by Crippen LogP contribution is -2.21. The van der Waals surface area contributed by atoms with Crippen LogP contribution in [0.5, 0.6) is 0 Å². The quantitative estimate of drug-likeness (QED) is 0.692. The number of aromatic amines is 1. The first-order chi connectivity index (χ1) is 10.7. The molecule has 112 valence electrons. The predicted octanol–water partition coefficient (Wildman–Crippen LogP) is 4.81. The summed E-state index contributed by atoms with van der Waals surface area (Å²) in [5, 5.41) is 6.05. The zero-order valence-corrected chi connectivity index (χ0v) is 14.0. The lowest BCUT2D eigenvalue weighted by Gasteiger charge is -2.08. The van der Waals surface area contributed by atoms with Gasteiger partial charge >= 0.3 is 0 Å². The van der Waals surface area contributed by atoms with E-state index in [0.29, 0.717) is 12.1 Å². The van der Waals surface area contributed by atoms with Gasteiger partial charge in [-0.2, -0.15) is 0 Å². The molecule has 3 aromatic rings. The molecule has 2 atom stereocenters.